The molecule has 2 aliphatic heterocycles. The molecule has 7 nitrogen and oxygen atoms in total. The monoisotopic (exact) mass is 355 g/mol. The number of aromatic nitrogens is 2. The molecule has 2 atom stereocenters. The Kier molecular flexibility index (Phi) is 3.75. The van der Waals surface area contributed by atoms with Gasteiger partial charge in [0.25, 0.3) is 5.91 Å². The van der Waals surface area contributed by atoms with Gasteiger partial charge in [0, 0.05) is 36.8 Å². The number of nitrogens with zero attached hydrogens (tertiary/aromatic N) is 3. The number of hydrogen-bond donors (Lipinski definition) is 1. The van der Waals surface area contributed by atoms with Crippen LogP contribution in [0.5, 0.6) is 5.75 Å². The van der Waals surface area contributed by atoms with E-state index >= 15 is 0 Å². The van der Waals surface area contributed by atoms with Gasteiger partial charge in [0.05, 0.1) is 11.8 Å². The first kappa shape index (κ1) is 16.6. The van der Waals surface area contributed by atoms with Crippen molar-refractivity contribution in [3.05, 3.63) is 47.3 Å². The second-order valence-corrected chi connectivity index (χ2v) is 6.99. The number of carboxylic acids is 1. The molecular formula is C19H21N3O4. The lowest BCUT2D eigenvalue weighted by Crippen LogP contribution is -2.46. The fraction of sp³-hybridized carbons (Fsp3) is 0.421. The van der Waals surface area contributed by atoms with Crippen molar-refractivity contribution in [3.63, 3.8) is 0 Å². The molecule has 1 saturated heterocycles. The number of carbonyl (C=O) groups is 2. The van der Waals surface area contributed by atoms with E-state index in [-0.39, 0.29) is 25.0 Å². The topological polar surface area (TPSA) is 84.7 Å². The lowest BCUT2D eigenvalue weighted by atomic mass is 9.73. The largest absolute Gasteiger partial charge is 0.492 e. The molecule has 1 aromatic carbocycles. The summed E-state index contributed by atoms with van der Waals surface area (Å²) in [4.78, 5) is 26.8. The number of fused-ring (bicyclic) bond motifs is 3. The van der Waals surface area contributed by atoms with Crippen LogP contribution in [0.4, 0.5) is 0 Å². The van der Waals surface area contributed by atoms with Crippen LogP contribution >= 0.6 is 0 Å². The molecule has 0 bridgehead atoms. The van der Waals surface area contributed by atoms with Crippen LogP contribution in [0.1, 0.15) is 34.5 Å². The van der Waals surface area contributed by atoms with Crippen molar-refractivity contribution in [2.24, 2.45) is 5.41 Å². The first-order valence-corrected chi connectivity index (χ1v) is 8.74. The number of aryl methyl sites for hydroxylation is 1. The van der Waals surface area contributed by atoms with Crippen molar-refractivity contribution in [2.45, 2.75) is 26.3 Å². The van der Waals surface area contributed by atoms with Gasteiger partial charge in [-0.2, -0.15) is 5.10 Å². The van der Waals surface area contributed by atoms with Gasteiger partial charge in [-0.05, 0) is 19.9 Å². The summed E-state index contributed by atoms with van der Waals surface area (Å²) in [6.45, 7) is 5.08. The van der Waals surface area contributed by atoms with Crippen molar-refractivity contribution < 1.29 is 19.4 Å². The second-order valence-electron chi connectivity index (χ2n) is 6.99. The Morgan fingerprint density at radius 1 is 1.38 bits per heavy atom. The number of ether oxygens (including phenoxy) is 1. The van der Waals surface area contributed by atoms with Crippen molar-refractivity contribution in [2.75, 3.05) is 19.7 Å². The smallest absolute Gasteiger partial charge is 0.315 e. The number of para-hydroxylation sites is 1. The molecule has 1 N–H and O–H groups in total. The Morgan fingerprint density at radius 2 is 2.15 bits per heavy atom. The number of aliphatic carboxylic acids is 1. The number of likely N-dealkylation sites (tertiary alicyclic amines) is 1. The van der Waals surface area contributed by atoms with E-state index in [1.807, 2.05) is 38.1 Å². The van der Waals surface area contributed by atoms with Crippen LogP contribution in [0, 0.1) is 12.3 Å². The van der Waals surface area contributed by atoms with Gasteiger partial charge in [0.1, 0.15) is 17.8 Å². The van der Waals surface area contributed by atoms with Crippen LogP contribution in [-0.2, 0) is 11.3 Å². The molecule has 0 unspecified atom stereocenters. The lowest BCUT2D eigenvalue weighted by molar-refractivity contribution is -0.151. The third-order valence-corrected chi connectivity index (χ3v) is 5.67. The van der Waals surface area contributed by atoms with Crippen LogP contribution < -0.4 is 4.74 Å². The van der Waals surface area contributed by atoms with Crippen molar-refractivity contribution in [1.82, 2.24) is 14.7 Å². The summed E-state index contributed by atoms with van der Waals surface area (Å²) in [6, 6.07) is 7.49. The second kappa shape index (κ2) is 5.86. The molecule has 1 aromatic heterocycles. The summed E-state index contributed by atoms with van der Waals surface area (Å²) < 4.78 is 7.51. The average Bonchev–Trinajstić information content (AvgIpc) is 3.22. The molecule has 0 spiro atoms. The predicted molar refractivity (Wildman–Crippen MR) is 93.3 cm³/mol. The quantitative estimate of drug-likeness (QED) is 0.909. The number of amides is 1. The van der Waals surface area contributed by atoms with Crippen molar-refractivity contribution in [1.29, 1.82) is 0 Å². The van der Waals surface area contributed by atoms with Crippen LogP contribution in [0.2, 0.25) is 0 Å². The number of carboxylic acid groups (broad SMARTS) is 1. The highest BCUT2D eigenvalue weighted by Crippen LogP contribution is 2.49. The zero-order valence-corrected chi connectivity index (χ0v) is 14.8. The summed E-state index contributed by atoms with van der Waals surface area (Å²) in [7, 11) is 0. The van der Waals surface area contributed by atoms with E-state index in [0.717, 1.165) is 11.3 Å². The van der Waals surface area contributed by atoms with E-state index in [2.05, 4.69) is 5.10 Å². The van der Waals surface area contributed by atoms with Crippen LogP contribution in [0.25, 0.3) is 0 Å². The highest BCUT2D eigenvalue weighted by molar-refractivity contribution is 5.96. The van der Waals surface area contributed by atoms with E-state index in [0.29, 0.717) is 24.4 Å². The summed E-state index contributed by atoms with van der Waals surface area (Å²) in [5.41, 5.74) is 1.07. The molecule has 0 saturated carbocycles. The summed E-state index contributed by atoms with van der Waals surface area (Å²) in [5, 5.41) is 14.2. The Labute approximate surface area is 151 Å². The number of carbonyl (C=O) groups excluding carboxylic acids is 1. The third kappa shape index (κ3) is 2.23. The van der Waals surface area contributed by atoms with E-state index in [1.54, 1.807) is 15.8 Å². The number of hydrogen-bond acceptors (Lipinski definition) is 4. The Balaban J connectivity index is 1.71. The Morgan fingerprint density at radius 3 is 2.85 bits per heavy atom. The standard InChI is InChI=1S/C19H21N3O4/c1-3-22-12(2)14(8-20-22)17(23)21-9-15-13-6-4-5-7-16(13)26-11-19(15,10-21)18(24)25/h4-8,15H,3,9-11H2,1-2H3,(H,24,25)/t15-,19-/m1/s1. The van der Waals surface area contributed by atoms with Crippen molar-refractivity contribution >= 4 is 11.9 Å². The molecular weight excluding hydrogens is 334 g/mol. The maximum absolute atomic E-state index is 13.1. The number of benzene rings is 1. The Hall–Kier alpha value is -2.83. The summed E-state index contributed by atoms with van der Waals surface area (Å²) in [5.74, 6) is -0.669. The first-order valence-electron chi connectivity index (χ1n) is 8.74. The van der Waals surface area contributed by atoms with E-state index in [9.17, 15) is 14.7 Å². The minimum absolute atomic E-state index is 0.0704. The van der Waals surface area contributed by atoms with Gasteiger partial charge in [-0.15, -0.1) is 0 Å². The minimum atomic E-state index is -1.11. The maximum atomic E-state index is 13.1. The summed E-state index contributed by atoms with van der Waals surface area (Å²) in [6.07, 6.45) is 1.57. The molecule has 26 heavy (non-hydrogen) atoms. The molecule has 7 heteroatoms. The molecule has 0 radical (unpaired) electrons. The fourth-order valence-corrected chi connectivity index (χ4v) is 4.14. The highest BCUT2D eigenvalue weighted by Gasteiger charge is 2.57. The van der Waals surface area contributed by atoms with E-state index in [1.165, 1.54) is 0 Å². The van der Waals surface area contributed by atoms with E-state index < -0.39 is 11.4 Å². The number of rotatable bonds is 3. The molecule has 1 fully saturated rings. The molecule has 2 aromatic rings. The van der Waals surface area contributed by atoms with Gasteiger partial charge in [-0.25, -0.2) is 0 Å². The first-order chi connectivity index (χ1) is 12.5. The fourth-order valence-electron chi connectivity index (χ4n) is 4.14. The third-order valence-electron chi connectivity index (χ3n) is 5.67. The minimum Gasteiger partial charge on any atom is -0.492 e. The van der Waals surface area contributed by atoms with E-state index in [4.69, 9.17) is 4.74 Å². The van der Waals surface area contributed by atoms with Gasteiger partial charge in [0.15, 0.2) is 0 Å². The maximum Gasteiger partial charge on any atom is 0.315 e. The van der Waals surface area contributed by atoms with Gasteiger partial charge in [-0.1, -0.05) is 18.2 Å². The zero-order valence-electron chi connectivity index (χ0n) is 14.8. The molecule has 0 aliphatic carbocycles. The van der Waals surface area contributed by atoms with Gasteiger partial charge in [-0.3, -0.25) is 14.3 Å². The zero-order chi connectivity index (χ0) is 18.5. The molecule has 136 valence electrons. The van der Waals surface area contributed by atoms with Gasteiger partial charge < -0.3 is 14.7 Å². The summed E-state index contributed by atoms with van der Waals surface area (Å²) >= 11 is 0. The lowest BCUT2D eigenvalue weighted by Gasteiger charge is -2.35. The van der Waals surface area contributed by atoms with Gasteiger partial charge >= 0.3 is 5.97 Å². The molecule has 3 heterocycles. The van der Waals surface area contributed by atoms with Gasteiger partial charge in [0.2, 0.25) is 0 Å². The Bertz CT molecular complexity index is 891. The van der Waals surface area contributed by atoms with Crippen molar-refractivity contribution in [3.8, 4) is 5.75 Å². The SMILES string of the molecule is CCn1ncc(C(=O)N2C[C@@H]3c4ccccc4OC[C@]3(C(=O)O)C2)c1C. The highest BCUT2D eigenvalue weighted by atomic mass is 16.5. The average molecular weight is 355 g/mol. The molecule has 1 amide bonds. The molecule has 4 rings (SSSR count). The molecule has 2 aliphatic rings. The van der Waals surface area contributed by atoms with Crippen LogP contribution in [0.15, 0.2) is 30.5 Å². The predicted octanol–water partition coefficient (Wildman–Crippen LogP) is 1.91. The van der Waals surface area contributed by atoms with Crippen LogP contribution in [-0.4, -0.2) is 51.4 Å². The van der Waals surface area contributed by atoms with Crippen LogP contribution in [0.3, 0.4) is 0 Å². The normalized spacial score (nSPS) is 23.9.